The van der Waals surface area contributed by atoms with Gasteiger partial charge < -0.3 is 4.74 Å². The first-order valence-electron chi connectivity index (χ1n) is 7.37. The van der Waals surface area contributed by atoms with Crippen molar-refractivity contribution in [3.63, 3.8) is 0 Å². The number of rotatable bonds is 3. The van der Waals surface area contributed by atoms with Crippen molar-refractivity contribution in [2.75, 3.05) is 6.26 Å². The molecular formula is C17H20O3S. The summed E-state index contributed by atoms with van der Waals surface area (Å²) in [7, 11) is -2.97. The summed E-state index contributed by atoms with van der Waals surface area (Å²) in [6, 6.07) is 14.1. The summed E-state index contributed by atoms with van der Waals surface area (Å²) in [6.45, 7) is 0. The minimum Gasteiger partial charge on any atom is -0.490 e. The summed E-state index contributed by atoms with van der Waals surface area (Å²) in [5.74, 6) is 0.854. The Balaban J connectivity index is 1.82. The van der Waals surface area contributed by atoms with E-state index in [1.54, 1.807) is 0 Å². The zero-order chi connectivity index (χ0) is 14.9. The molecule has 0 spiro atoms. The Labute approximate surface area is 125 Å². The Morgan fingerprint density at radius 2 is 1.81 bits per heavy atom. The summed E-state index contributed by atoms with van der Waals surface area (Å²) in [6.07, 6.45) is 4.51. The SMILES string of the molecule is CS(=O)(=O)C1CCCC(Oc2cccc3ccccc23)C1. The molecule has 0 heterocycles. The lowest BCUT2D eigenvalue weighted by Gasteiger charge is -2.28. The van der Waals surface area contributed by atoms with E-state index in [2.05, 4.69) is 12.1 Å². The highest BCUT2D eigenvalue weighted by molar-refractivity contribution is 7.91. The van der Waals surface area contributed by atoms with Gasteiger partial charge in [0.15, 0.2) is 0 Å². The molecule has 2 unspecified atom stereocenters. The van der Waals surface area contributed by atoms with Gasteiger partial charge in [-0.1, -0.05) is 36.4 Å². The molecule has 0 bridgehead atoms. The van der Waals surface area contributed by atoms with Crippen LogP contribution in [0.1, 0.15) is 25.7 Å². The largest absolute Gasteiger partial charge is 0.490 e. The fraction of sp³-hybridized carbons (Fsp3) is 0.412. The van der Waals surface area contributed by atoms with Crippen LogP contribution in [-0.2, 0) is 9.84 Å². The highest BCUT2D eigenvalue weighted by Gasteiger charge is 2.30. The first kappa shape index (κ1) is 14.4. The Morgan fingerprint density at radius 1 is 1.05 bits per heavy atom. The van der Waals surface area contributed by atoms with E-state index in [0.717, 1.165) is 35.8 Å². The van der Waals surface area contributed by atoms with E-state index >= 15 is 0 Å². The van der Waals surface area contributed by atoms with Gasteiger partial charge in [0.1, 0.15) is 15.6 Å². The van der Waals surface area contributed by atoms with Crippen LogP contribution in [0.5, 0.6) is 5.75 Å². The predicted octanol–water partition coefficient (Wildman–Crippen LogP) is 3.57. The Bertz CT molecular complexity index is 731. The van der Waals surface area contributed by atoms with Crippen molar-refractivity contribution < 1.29 is 13.2 Å². The van der Waals surface area contributed by atoms with Crippen molar-refractivity contribution in [3.05, 3.63) is 42.5 Å². The lowest BCUT2D eigenvalue weighted by atomic mass is 9.97. The Hall–Kier alpha value is -1.55. The van der Waals surface area contributed by atoms with Crippen LogP contribution in [0.4, 0.5) is 0 Å². The molecule has 2 aromatic carbocycles. The number of hydrogen-bond acceptors (Lipinski definition) is 3. The lowest BCUT2D eigenvalue weighted by molar-refractivity contribution is 0.158. The quantitative estimate of drug-likeness (QED) is 0.870. The molecule has 1 fully saturated rings. The molecule has 1 saturated carbocycles. The van der Waals surface area contributed by atoms with E-state index in [9.17, 15) is 8.42 Å². The third kappa shape index (κ3) is 3.21. The average Bonchev–Trinajstić information content (AvgIpc) is 2.47. The number of ether oxygens (including phenoxy) is 1. The second-order valence-corrected chi connectivity index (χ2v) is 8.16. The minimum absolute atomic E-state index is 0.00992. The van der Waals surface area contributed by atoms with Crippen LogP contribution in [-0.4, -0.2) is 26.0 Å². The van der Waals surface area contributed by atoms with Crippen LogP contribution in [0.25, 0.3) is 10.8 Å². The summed E-state index contributed by atoms with van der Waals surface area (Å²) >= 11 is 0. The molecule has 3 nitrogen and oxygen atoms in total. The predicted molar refractivity (Wildman–Crippen MR) is 85.5 cm³/mol. The monoisotopic (exact) mass is 304 g/mol. The lowest BCUT2D eigenvalue weighted by Crippen LogP contribution is -2.33. The molecule has 0 saturated heterocycles. The minimum atomic E-state index is -2.97. The first-order chi connectivity index (χ1) is 10.0. The van der Waals surface area contributed by atoms with Crippen LogP contribution in [0, 0.1) is 0 Å². The third-order valence-electron chi connectivity index (χ3n) is 4.23. The van der Waals surface area contributed by atoms with Crippen LogP contribution in [0.15, 0.2) is 42.5 Å². The molecule has 112 valence electrons. The maximum absolute atomic E-state index is 11.7. The van der Waals surface area contributed by atoms with Gasteiger partial charge in [0.05, 0.1) is 11.4 Å². The van der Waals surface area contributed by atoms with Gasteiger partial charge in [-0.05, 0) is 30.7 Å². The van der Waals surface area contributed by atoms with E-state index < -0.39 is 9.84 Å². The van der Waals surface area contributed by atoms with E-state index in [4.69, 9.17) is 4.74 Å². The van der Waals surface area contributed by atoms with Gasteiger partial charge in [-0.3, -0.25) is 0 Å². The molecule has 1 aliphatic rings. The zero-order valence-corrected chi connectivity index (χ0v) is 13.0. The van der Waals surface area contributed by atoms with E-state index in [1.807, 2.05) is 30.3 Å². The van der Waals surface area contributed by atoms with Crippen molar-refractivity contribution >= 4 is 20.6 Å². The van der Waals surface area contributed by atoms with Gasteiger partial charge in [0, 0.05) is 18.1 Å². The summed E-state index contributed by atoms with van der Waals surface area (Å²) in [5.41, 5.74) is 0. The zero-order valence-electron chi connectivity index (χ0n) is 12.2. The second-order valence-electron chi connectivity index (χ2n) is 5.84. The first-order valence-corrected chi connectivity index (χ1v) is 9.33. The summed E-state index contributed by atoms with van der Waals surface area (Å²) < 4.78 is 29.6. The van der Waals surface area contributed by atoms with Crippen LogP contribution < -0.4 is 4.74 Å². The smallest absolute Gasteiger partial charge is 0.150 e. The fourth-order valence-corrected chi connectivity index (χ4v) is 4.24. The van der Waals surface area contributed by atoms with Crippen LogP contribution >= 0.6 is 0 Å². The molecule has 0 aromatic heterocycles. The maximum Gasteiger partial charge on any atom is 0.150 e. The van der Waals surface area contributed by atoms with Gasteiger partial charge in [0.2, 0.25) is 0 Å². The molecule has 2 atom stereocenters. The van der Waals surface area contributed by atoms with Crippen molar-refractivity contribution in [2.45, 2.75) is 37.0 Å². The van der Waals surface area contributed by atoms with Gasteiger partial charge in [-0.2, -0.15) is 0 Å². The van der Waals surface area contributed by atoms with E-state index in [0.29, 0.717) is 6.42 Å². The number of sulfone groups is 1. The van der Waals surface area contributed by atoms with Crippen LogP contribution in [0.2, 0.25) is 0 Å². The summed E-state index contributed by atoms with van der Waals surface area (Å²) in [4.78, 5) is 0. The molecule has 0 amide bonds. The van der Waals surface area contributed by atoms with E-state index in [-0.39, 0.29) is 11.4 Å². The molecular weight excluding hydrogens is 284 g/mol. The van der Waals surface area contributed by atoms with Gasteiger partial charge in [-0.25, -0.2) is 8.42 Å². The number of fused-ring (bicyclic) bond motifs is 1. The fourth-order valence-electron chi connectivity index (χ4n) is 3.08. The molecule has 4 heteroatoms. The third-order valence-corrected chi connectivity index (χ3v) is 5.87. The Kier molecular flexibility index (Phi) is 3.89. The molecule has 0 aliphatic heterocycles. The topological polar surface area (TPSA) is 43.4 Å². The van der Waals surface area contributed by atoms with Crippen LogP contribution in [0.3, 0.4) is 0 Å². The van der Waals surface area contributed by atoms with Crippen molar-refractivity contribution in [1.82, 2.24) is 0 Å². The second kappa shape index (κ2) is 5.68. The van der Waals surface area contributed by atoms with Gasteiger partial charge in [-0.15, -0.1) is 0 Å². The average molecular weight is 304 g/mol. The molecule has 21 heavy (non-hydrogen) atoms. The molecule has 0 radical (unpaired) electrons. The summed E-state index contributed by atoms with van der Waals surface area (Å²) in [5, 5.41) is 1.97. The molecule has 3 rings (SSSR count). The highest BCUT2D eigenvalue weighted by atomic mass is 32.2. The van der Waals surface area contributed by atoms with Crippen molar-refractivity contribution in [2.24, 2.45) is 0 Å². The number of benzene rings is 2. The highest BCUT2D eigenvalue weighted by Crippen LogP contribution is 2.31. The van der Waals surface area contributed by atoms with Gasteiger partial charge >= 0.3 is 0 Å². The molecule has 2 aromatic rings. The molecule has 1 aliphatic carbocycles. The van der Waals surface area contributed by atoms with Gasteiger partial charge in [0.25, 0.3) is 0 Å². The normalized spacial score (nSPS) is 23.1. The standard InChI is InChI=1S/C17H20O3S/c1-21(18,19)15-9-5-8-14(12-15)20-17-11-4-7-13-6-2-3-10-16(13)17/h2-4,6-7,10-11,14-15H,5,8-9,12H2,1H3. The number of hydrogen-bond donors (Lipinski definition) is 0. The van der Waals surface area contributed by atoms with Crippen molar-refractivity contribution in [1.29, 1.82) is 0 Å². The van der Waals surface area contributed by atoms with Crippen molar-refractivity contribution in [3.8, 4) is 5.75 Å². The molecule has 0 N–H and O–H groups in total. The van der Waals surface area contributed by atoms with E-state index in [1.165, 1.54) is 6.26 Å². The maximum atomic E-state index is 11.7. The Morgan fingerprint density at radius 3 is 2.62 bits per heavy atom.